The first-order chi connectivity index (χ1) is 9.98. The molecular weight excluding hydrogens is 298 g/mol. The number of rotatable bonds is 11. The lowest BCUT2D eigenvalue weighted by molar-refractivity contribution is -0.149. The lowest BCUT2D eigenvalue weighted by Crippen LogP contribution is -2.44. The van der Waals surface area contributed by atoms with Crippen molar-refractivity contribution in [1.29, 1.82) is 0 Å². The van der Waals surface area contributed by atoms with Gasteiger partial charge in [-0.1, -0.05) is 0 Å². The van der Waals surface area contributed by atoms with Crippen molar-refractivity contribution < 1.29 is 32.3 Å². The Labute approximate surface area is 126 Å². The number of nitrogens with one attached hydrogen (secondary N) is 1. The molecule has 8 nitrogen and oxygen atoms in total. The van der Waals surface area contributed by atoms with Crippen molar-refractivity contribution in [1.82, 2.24) is 5.32 Å². The van der Waals surface area contributed by atoms with Gasteiger partial charge < -0.3 is 28.1 Å². The SMILES string of the molecule is COC(=O)C[C@H](NCCC[Si](OC)(OC)OC)C(=O)OC. The Kier molecular flexibility index (Phi) is 10.2. The van der Waals surface area contributed by atoms with Crippen LogP contribution in [0.25, 0.3) is 0 Å². The van der Waals surface area contributed by atoms with Crippen LogP contribution in [0.1, 0.15) is 12.8 Å². The molecule has 0 spiro atoms. The van der Waals surface area contributed by atoms with E-state index < -0.39 is 26.8 Å². The van der Waals surface area contributed by atoms with Crippen LogP contribution >= 0.6 is 0 Å². The molecule has 21 heavy (non-hydrogen) atoms. The summed E-state index contributed by atoms with van der Waals surface area (Å²) in [5.74, 6) is -0.985. The highest BCUT2D eigenvalue weighted by Gasteiger charge is 2.37. The fourth-order valence-electron chi connectivity index (χ4n) is 1.77. The number of hydrogen-bond acceptors (Lipinski definition) is 8. The largest absolute Gasteiger partial charge is 0.500 e. The Hall–Kier alpha value is -1.00. The lowest BCUT2D eigenvalue weighted by Gasteiger charge is -2.24. The molecule has 0 bridgehead atoms. The van der Waals surface area contributed by atoms with E-state index in [2.05, 4.69) is 14.8 Å². The summed E-state index contributed by atoms with van der Waals surface area (Å²) in [7, 11) is 4.56. The molecule has 0 saturated heterocycles. The summed E-state index contributed by atoms with van der Waals surface area (Å²) in [6, 6.07) is -0.138. The quantitative estimate of drug-likeness (QED) is 0.321. The maximum absolute atomic E-state index is 11.6. The van der Waals surface area contributed by atoms with E-state index >= 15 is 0 Å². The number of carbonyl (C=O) groups excluding carboxylic acids is 2. The van der Waals surface area contributed by atoms with Gasteiger partial charge in [-0.05, 0) is 13.0 Å². The number of hydrogen-bond donors (Lipinski definition) is 1. The Balaban J connectivity index is 4.30. The Bertz CT molecular complexity index is 314. The molecule has 0 aliphatic rings. The topological polar surface area (TPSA) is 92.3 Å². The van der Waals surface area contributed by atoms with Crippen LogP contribution in [-0.4, -0.2) is 68.9 Å². The van der Waals surface area contributed by atoms with E-state index in [1.807, 2.05) is 0 Å². The van der Waals surface area contributed by atoms with Gasteiger partial charge in [0.2, 0.25) is 0 Å². The van der Waals surface area contributed by atoms with Crippen LogP contribution in [0.3, 0.4) is 0 Å². The van der Waals surface area contributed by atoms with Crippen molar-refractivity contribution in [3.63, 3.8) is 0 Å². The molecule has 0 fully saturated rings. The third kappa shape index (κ3) is 7.00. The van der Waals surface area contributed by atoms with Crippen LogP contribution in [0, 0.1) is 0 Å². The number of esters is 2. The van der Waals surface area contributed by atoms with Crippen molar-refractivity contribution in [2.24, 2.45) is 0 Å². The van der Waals surface area contributed by atoms with E-state index in [1.165, 1.54) is 14.2 Å². The smallest absolute Gasteiger partial charge is 0.469 e. The molecule has 9 heteroatoms. The van der Waals surface area contributed by atoms with Crippen LogP contribution in [0.15, 0.2) is 0 Å². The van der Waals surface area contributed by atoms with Gasteiger partial charge in [-0.3, -0.25) is 9.59 Å². The molecule has 0 aliphatic carbocycles. The minimum atomic E-state index is -2.61. The van der Waals surface area contributed by atoms with Crippen LogP contribution < -0.4 is 5.32 Å². The molecule has 0 aromatic rings. The number of carbonyl (C=O) groups is 2. The molecule has 1 N–H and O–H groups in total. The standard InChI is InChI=1S/C12H25NO7Si/c1-16-11(14)9-10(12(15)17-2)13-7-6-8-21(18-3,19-4)20-5/h10,13H,6-9H2,1-5H3/t10-/m0/s1. The highest BCUT2D eigenvalue weighted by molar-refractivity contribution is 6.60. The van der Waals surface area contributed by atoms with E-state index in [9.17, 15) is 9.59 Å². The average Bonchev–Trinajstić information content (AvgIpc) is 2.53. The first-order valence-electron chi connectivity index (χ1n) is 6.52. The Morgan fingerprint density at radius 3 is 2.00 bits per heavy atom. The first kappa shape index (κ1) is 20.0. The minimum Gasteiger partial charge on any atom is -0.469 e. The molecule has 0 saturated carbocycles. The third-order valence-corrected chi connectivity index (χ3v) is 5.90. The first-order valence-corrected chi connectivity index (χ1v) is 8.45. The fraction of sp³-hybridized carbons (Fsp3) is 0.833. The number of methoxy groups -OCH3 is 2. The summed E-state index contributed by atoms with van der Waals surface area (Å²) in [4.78, 5) is 22.8. The van der Waals surface area contributed by atoms with Crippen LogP contribution in [-0.2, 0) is 32.3 Å². The van der Waals surface area contributed by atoms with Gasteiger partial charge in [0.25, 0.3) is 0 Å². The predicted octanol–water partition coefficient (Wildman–Crippen LogP) is -0.0511. The van der Waals surface area contributed by atoms with E-state index in [4.69, 9.17) is 13.3 Å². The molecule has 0 aromatic heterocycles. The van der Waals surface area contributed by atoms with E-state index in [-0.39, 0.29) is 6.42 Å². The molecular formula is C12H25NO7Si. The normalized spacial score (nSPS) is 12.8. The molecule has 0 amide bonds. The van der Waals surface area contributed by atoms with E-state index in [0.29, 0.717) is 19.0 Å². The summed E-state index contributed by atoms with van der Waals surface area (Å²) in [5.41, 5.74) is 0. The molecule has 0 radical (unpaired) electrons. The number of ether oxygens (including phenoxy) is 2. The minimum absolute atomic E-state index is 0.0788. The zero-order valence-corrected chi connectivity index (χ0v) is 14.3. The second-order valence-corrected chi connectivity index (χ2v) is 7.30. The zero-order chi connectivity index (χ0) is 16.3. The molecule has 124 valence electrons. The lowest BCUT2D eigenvalue weighted by atomic mass is 10.2. The van der Waals surface area contributed by atoms with E-state index in [0.717, 1.165) is 0 Å². The van der Waals surface area contributed by atoms with Gasteiger partial charge in [-0.25, -0.2) is 0 Å². The van der Waals surface area contributed by atoms with Crippen molar-refractivity contribution in [2.45, 2.75) is 24.9 Å². The third-order valence-electron chi connectivity index (χ3n) is 3.07. The predicted molar refractivity (Wildman–Crippen MR) is 76.6 cm³/mol. The van der Waals surface area contributed by atoms with Crippen LogP contribution in [0.4, 0.5) is 0 Å². The second kappa shape index (κ2) is 10.7. The summed E-state index contributed by atoms with van der Waals surface area (Å²) in [6.45, 7) is 0.488. The molecule has 0 aliphatic heterocycles. The second-order valence-electron chi connectivity index (χ2n) is 4.21. The highest BCUT2D eigenvalue weighted by Crippen LogP contribution is 2.14. The van der Waals surface area contributed by atoms with E-state index in [1.54, 1.807) is 21.3 Å². The zero-order valence-electron chi connectivity index (χ0n) is 13.3. The molecule has 0 rings (SSSR count). The van der Waals surface area contributed by atoms with Crippen molar-refractivity contribution in [3.05, 3.63) is 0 Å². The molecule has 0 unspecified atom stereocenters. The van der Waals surface area contributed by atoms with Crippen molar-refractivity contribution in [3.8, 4) is 0 Å². The summed E-state index contributed by atoms with van der Waals surface area (Å²) in [6.07, 6.45) is 0.584. The Morgan fingerprint density at radius 2 is 1.57 bits per heavy atom. The maximum Gasteiger partial charge on any atom is 0.500 e. The molecule has 1 atom stereocenters. The van der Waals surface area contributed by atoms with Gasteiger partial charge in [-0.2, -0.15) is 0 Å². The fourth-order valence-corrected chi connectivity index (χ4v) is 3.49. The monoisotopic (exact) mass is 323 g/mol. The van der Waals surface area contributed by atoms with Gasteiger partial charge in [-0.15, -0.1) is 0 Å². The van der Waals surface area contributed by atoms with Crippen molar-refractivity contribution in [2.75, 3.05) is 42.1 Å². The maximum atomic E-state index is 11.6. The van der Waals surface area contributed by atoms with Crippen molar-refractivity contribution >= 4 is 20.7 Å². The van der Waals surface area contributed by atoms with Gasteiger partial charge in [0.1, 0.15) is 6.04 Å². The molecule has 0 heterocycles. The van der Waals surface area contributed by atoms with Gasteiger partial charge in [0.15, 0.2) is 0 Å². The van der Waals surface area contributed by atoms with Crippen LogP contribution in [0.5, 0.6) is 0 Å². The van der Waals surface area contributed by atoms with Gasteiger partial charge in [0.05, 0.1) is 20.6 Å². The average molecular weight is 323 g/mol. The summed E-state index contributed by atoms with van der Waals surface area (Å²) in [5, 5.41) is 2.96. The van der Waals surface area contributed by atoms with Gasteiger partial charge >= 0.3 is 20.7 Å². The van der Waals surface area contributed by atoms with Crippen LogP contribution in [0.2, 0.25) is 6.04 Å². The van der Waals surface area contributed by atoms with Gasteiger partial charge in [0, 0.05) is 27.4 Å². The Morgan fingerprint density at radius 1 is 1.00 bits per heavy atom. The highest BCUT2D eigenvalue weighted by atomic mass is 28.4. The molecule has 0 aromatic carbocycles. The summed E-state index contributed by atoms with van der Waals surface area (Å²) >= 11 is 0. The summed E-state index contributed by atoms with van der Waals surface area (Å²) < 4.78 is 25.1.